The predicted molar refractivity (Wildman–Crippen MR) is 88.9 cm³/mol. The molecule has 3 rings (SSSR count). The van der Waals surface area contributed by atoms with Gasteiger partial charge in [-0.25, -0.2) is 0 Å². The normalized spacial score (nSPS) is 22.2. The van der Waals surface area contributed by atoms with Gasteiger partial charge in [-0.2, -0.15) is 0 Å². The van der Waals surface area contributed by atoms with Crippen molar-refractivity contribution in [3.63, 3.8) is 0 Å². The molecule has 1 heterocycles. The lowest BCUT2D eigenvalue weighted by Crippen LogP contribution is -2.42. The average molecular weight is 291 g/mol. The topological polar surface area (TPSA) is 12.0 Å². The van der Waals surface area contributed by atoms with Gasteiger partial charge in [0.1, 0.15) is 4.08 Å². The summed E-state index contributed by atoms with van der Waals surface area (Å²) in [7, 11) is 2.08. The van der Waals surface area contributed by atoms with Crippen molar-refractivity contribution < 1.29 is 0 Å². The van der Waals surface area contributed by atoms with Gasteiger partial charge in [-0.15, -0.1) is 23.5 Å². The van der Waals surface area contributed by atoms with Gasteiger partial charge in [-0.05, 0) is 61.1 Å². The second kappa shape index (κ2) is 5.55. The monoisotopic (exact) mass is 291 g/mol. The first-order valence-corrected chi connectivity index (χ1v) is 8.98. The molecule has 1 aliphatic heterocycles. The Hall–Kier alpha value is -0.380. The van der Waals surface area contributed by atoms with Crippen LogP contribution in [0.25, 0.3) is 6.08 Å². The summed E-state index contributed by atoms with van der Waals surface area (Å²) in [4.78, 5) is 0. The fourth-order valence-corrected chi connectivity index (χ4v) is 6.39. The molecular formula is C16H21NS2. The van der Waals surface area contributed by atoms with E-state index >= 15 is 0 Å². The minimum absolute atomic E-state index is 0.179. The number of allylic oxidation sites excluding steroid dienone is 1. The second-order valence-electron chi connectivity index (χ2n) is 5.25. The lowest BCUT2D eigenvalue weighted by atomic mass is 10.0. The summed E-state index contributed by atoms with van der Waals surface area (Å²) in [6.45, 7) is 2.31. The number of rotatable bonds is 3. The van der Waals surface area contributed by atoms with Crippen molar-refractivity contribution in [2.45, 2.75) is 29.9 Å². The summed E-state index contributed by atoms with van der Waals surface area (Å²) in [5.41, 5.74) is 4.38. The molecule has 0 saturated carbocycles. The third-order valence-corrected chi connectivity index (χ3v) is 7.84. The van der Waals surface area contributed by atoms with Gasteiger partial charge >= 0.3 is 0 Å². The lowest BCUT2D eigenvalue weighted by Gasteiger charge is -2.41. The van der Waals surface area contributed by atoms with Gasteiger partial charge in [-0.1, -0.05) is 24.3 Å². The van der Waals surface area contributed by atoms with Crippen molar-refractivity contribution >= 4 is 29.6 Å². The smallest absolute Gasteiger partial charge is 0.101 e. The van der Waals surface area contributed by atoms with Crippen LogP contribution in [0.1, 0.15) is 30.0 Å². The summed E-state index contributed by atoms with van der Waals surface area (Å²) < 4.78 is 0.179. The highest BCUT2D eigenvalue weighted by atomic mass is 32.2. The maximum absolute atomic E-state index is 3.48. The molecule has 1 aromatic carbocycles. The fraction of sp³-hybridized carbons (Fsp3) is 0.500. The Labute approximate surface area is 124 Å². The van der Waals surface area contributed by atoms with E-state index in [1.165, 1.54) is 34.6 Å². The largest absolute Gasteiger partial charge is 0.315 e. The molecule has 0 radical (unpaired) electrons. The van der Waals surface area contributed by atoms with Crippen LogP contribution in [0.4, 0.5) is 0 Å². The number of hydrogen-bond acceptors (Lipinski definition) is 3. The molecule has 0 spiro atoms. The third-order valence-electron chi connectivity index (χ3n) is 4.11. The van der Waals surface area contributed by atoms with E-state index in [4.69, 9.17) is 0 Å². The Morgan fingerprint density at radius 3 is 2.79 bits per heavy atom. The molecule has 1 fully saturated rings. The van der Waals surface area contributed by atoms with Crippen LogP contribution >= 0.6 is 23.5 Å². The maximum atomic E-state index is 3.48. The van der Waals surface area contributed by atoms with Crippen molar-refractivity contribution in [2.24, 2.45) is 0 Å². The highest BCUT2D eigenvalue weighted by Gasteiger charge is 2.40. The minimum Gasteiger partial charge on any atom is -0.315 e. The van der Waals surface area contributed by atoms with Crippen LogP contribution in [0.3, 0.4) is 0 Å². The first kappa shape index (κ1) is 13.6. The molecule has 2 aliphatic rings. The van der Waals surface area contributed by atoms with Crippen LogP contribution < -0.4 is 5.32 Å². The second-order valence-corrected chi connectivity index (χ2v) is 8.19. The molecule has 0 aromatic heterocycles. The highest BCUT2D eigenvalue weighted by molar-refractivity contribution is 8.18. The number of fused-ring (bicyclic) bond motifs is 1. The first-order chi connectivity index (χ1) is 9.26. The number of benzene rings is 1. The molecule has 1 nitrogen and oxygen atoms in total. The molecule has 0 amide bonds. The fourth-order valence-electron chi connectivity index (χ4n) is 2.87. The Morgan fingerprint density at radius 1 is 1.26 bits per heavy atom. The van der Waals surface area contributed by atoms with Crippen LogP contribution in [0, 0.1) is 0 Å². The molecular weight excluding hydrogens is 270 g/mol. The van der Waals surface area contributed by atoms with Crippen LogP contribution in [0.15, 0.2) is 24.3 Å². The molecule has 1 aromatic rings. The Balaban J connectivity index is 2.01. The van der Waals surface area contributed by atoms with Gasteiger partial charge in [-0.3, -0.25) is 0 Å². The quantitative estimate of drug-likeness (QED) is 0.907. The molecule has 1 saturated heterocycles. The van der Waals surface area contributed by atoms with Crippen molar-refractivity contribution in [1.82, 2.24) is 5.32 Å². The van der Waals surface area contributed by atoms with Crippen molar-refractivity contribution in [3.05, 3.63) is 41.0 Å². The van der Waals surface area contributed by atoms with Crippen molar-refractivity contribution in [1.29, 1.82) is 0 Å². The lowest BCUT2D eigenvalue weighted by molar-refractivity contribution is 0.564. The van der Waals surface area contributed by atoms with Gasteiger partial charge in [0.25, 0.3) is 0 Å². The van der Waals surface area contributed by atoms with Crippen molar-refractivity contribution in [2.75, 3.05) is 18.6 Å². The van der Waals surface area contributed by atoms with E-state index in [1.54, 1.807) is 0 Å². The van der Waals surface area contributed by atoms with Gasteiger partial charge in [0.2, 0.25) is 0 Å². The van der Waals surface area contributed by atoms with E-state index in [0.29, 0.717) is 6.04 Å². The molecule has 19 heavy (non-hydrogen) atoms. The molecule has 0 bridgehead atoms. The summed E-state index contributed by atoms with van der Waals surface area (Å²) >= 11 is 4.24. The SMILES string of the molecule is CNC(C)C1(c2ccc3c(c2)C=CC3)SCCCS1. The summed E-state index contributed by atoms with van der Waals surface area (Å²) in [6.07, 6.45) is 6.97. The number of hydrogen-bond donors (Lipinski definition) is 1. The van der Waals surface area contributed by atoms with Gasteiger partial charge in [0.05, 0.1) is 0 Å². The molecule has 1 aliphatic carbocycles. The van der Waals surface area contributed by atoms with Gasteiger partial charge in [0, 0.05) is 6.04 Å². The van der Waals surface area contributed by atoms with Crippen LogP contribution in [-0.4, -0.2) is 24.6 Å². The van der Waals surface area contributed by atoms with E-state index < -0.39 is 0 Å². The average Bonchev–Trinajstić information content (AvgIpc) is 2.94. The van der Waals surface area contributed by atoms with E-state index in [2.05, 4.69) is 73.2 Å². The third kappa shape index (κ3) is 2.37. The van der Waals surface area contributed by atoms with E-state index in [9.17, 15) is 0 Å². The van der Waals surface area contributed by atoms with Gasteiger partial charge < -0.3 is 5.32 Å². The van der Waals surface area contributed by atoms with Crippen LogP contribution in [-0.2, 0) is 10.5 Å². The first-order valence-electron chi connectivity index (χ1n) is 7.01. The standard InChI is InChI=1S/C16H21NS2/c1-12(17-2)16(18-9-4-10-19-16)15-8-7-13-5-3-6-14(13)11-15/h3,6-8,11-12,17H,4-5,9-10H2,1-2H3. The molecule has 3 heteroatoms. The number of thioether (sulfide) groups is 2. The molecule has 1 atom stereocenters. The maximum Gasteiger partial charge on any atom is 0.101 e. The van der Waals surface area contributed by atoms with Gasteiger partial charge in [0.15, 0.2) is 0 Å². The zero-order valence-corrected chi connectivity index (χ0v) is 13.2. The molecule has 1 N–H and O–H groups in total. The van der Waals surface area contributed by atoms with Crippen molar-refractivity contribution in [3.8, 4) is 0 Å². The van der Waals surface area contributed by atoms with Crippen LogP contribution in [0.2, 0.25) is 0 Å². The van der Waals surface area contributed by atoms with E-state index in [1.807, 2.05) is 0 Å². The summed E-state index contributed by atoms with van der Waals surface area (Å²) in [5, 5.41) is 3.48. The van der Waals surface area contributed by atoms with Crippen LogP contribution in [0.5, 0.6) is 0 Å². The summed E-state index contributed by atoms with van der Waals surface area (Å²) in [6, 6.07) is 7.57. The van der Waals surface area contributed by atoms with E-state index in [0.717, 1.165) is 6.42 Å². The zero-order valence-electron chi connectivity index (χ0n) is 11.6. The minimum atomic E-state index is 0.179. The molecule has 1 unspecified atom stereocenters. The number of likely N-dealkylation sites (N-methyl/N-ethyl adjacent to an activating group) is 1. The Kier molecular flexibility index (Phi) is 3.97. The predicted octanol–water partition coefficient (Wildman–Crippen LogP) is 3.89. The zero-order chi connectivity index (χ0) is 13.3. The summed E-state index contributed by atoms with van der Waals surface area (Å²) in [5.74, 6) is 2.54. The van der Waals surface area contributed by atoms with E-state index in [-0.39, 0.29) is 4.08 Å². The Bertz CT molecular complexity index is 490. The highest BCUT2D eigenvalue weighted by Crippen LogP contribution is 2.52. The number of nitrogens with one attached hydrogen (secondary N) is 1. The Morgan fingerprint density at radius 2 is 2.05 bits per heavy atom. The molecule has 102 valence electrons.